The lowest BCUT2D eigenvalue weighted by atomic mass is 10.1. The van der Waals surface area contributed by atoms with Crippen LogP contribution in [0.4, 0.5) is 17.2 Å². The molecule has 164 valence electrons. The number of carboxylic acids is 1. The maximum atomic E-state index is 12.8. The topological polar surface area (TPSA) is 95.0 Å². The fourth-order valence-corrected chi connectivity index (χ4v) is 3.70. The quantitative estimate of drug-likeness (QED) is 0.617. The number of methoxy groups -OCH3 is 1. The maximum Gasteiger partial charge on any atom is 0.335 e. The number of piperazine rings is 1. The molecule has 8 nitrogen and oxygen atoms in total. The Labute approximate surface area is 186 Å². The molecule has 0 atom stereocenters. The van der Waals surface area contributed by atoms with E-state index in [4.69, 9.17) is 4.74 Å². The van der Waals surface area contributed by atoms with Crippen LogP contribution in [0.1, 0.15) is 20.7 Å². The van der Waals surface area contributed by atoms with Gasteiger partial charge in [-0.1, -0.05) is 6.07 Å². The van der Waals surface area contributed by atoms with Gasteiger partial charge in [0.25, 0.3) is 5.91 Å². The van der Waals surface area contributed by atoms with Crippen LogP contribution >= 0.6 is 0 Å². The smallest absolute Gasteiger partial charge is 0.335 e. The summed E-state index contributed by atoms with van der Waals surface area (Å²) in [6, 6.07) is 17.4. The summed E-state index contributed by atoms with van der Waals surface area (Å²) in [4.78, 5) is 33.1. The number of amides is 1. The molecule has 0 unspecified atom stereocenters. The molecule has 1 aliphatic heterocycles. The Morgan fingerprint density at radius 2 is 1.62 bits per heavy atom. The largest absolute Gasteiger partial charge is 0.497 e. The van der Waals surface area contributed by atoms with E-state index in [0.717, 1.165) is 24.6 Å². The number of carbonyl (C=O) groups excluding carboxylic acids is 1. The number of hydrogen-bond donors (Lipinski definition) is 2. The average Bonchev–Trinajstić information content (AvgIpc) is 2.84. The zero-order chi connectivity index (χ0) is 22.5. The van der Waals surface area contributed by atoms with E-state index in [0.29, 0.717) is 30.1 Å². The minimum Gasteiger partial charge on any atom is -0.497 e. The molecule has 1 aromatic heterocycles. The first-order chi connectivity index (χ1) is 15.5. The molecule has 2 N–H and O–H groups in total. The SMILES string of the molecule is COc1ccc(C(=O)Nc2cc(C(=O)O)ccc2N2CCN(c3ccccn3)CC2)cc1. The summed E-state index contributed by atoms with van der Waals surface area (Å²) in [5, 5.41) is 12.3. The van der Waals surface area contributed by atoms with Crippen molar-refractivity contribution in [1.29, 1.82) is 0 Å². The number of aromatic nitrogens is 1. The molecule has 8 heteroatoms. The van der Waals surface area contributed by atoms with Gasteiger partial charge in [-0.15, -0.1) is 0 Å². The number of anilines is 3. The van der Waals surface area contributed by atoms with Crippen molar-refractivity contribution in [3.8, 4) is 5.75 Å². The van der Waals surface area contributed by atoms with E-state index in [1.54, 1.807) is 49.7 Å². The molecule has 32 heavy (non-hydrogen) atoms. The molecule has 0 bridgehead atoms. The van der Waals surface area contributed by atoms with Gasteiger partial charge in [0.05, 0.1) is 24.0 Å². The Bertz CT molecular complexity index is 1090. The second-order valence-electron chi connectivity index (χ2n) is 7.38. The molecule has 2 aromatic carbocycles. The number of benzene rings is 2. The molecule has 0 spiro atoms. The van der Waals surface area contributed by atoms with Crippen LogP contribution in [0.25, 0.3) is 0 Å². The summed E-state index contributed by atoms with van der Waals surface area (Å²) < 4.78 is 5.14. The molecule has 1 fully saturated rings. The number of nitrogens with zero attached hydrogens (tertiary/aromatic N) is 3. The van der Waals surface area contributed by atoms with Crippen molar-refractivity contribution in [3.63, 3.8) is 0 Å². The summed E-state index contributed by atoms with van der Waals surface area (Å²) in [6.07, 6.45) is 1.78. The summed E-state index contributed by atoms with van der Waals surface area (Å²) in [6.45, 7) is 2.97. The fraction of sp³-hybridized carbons (Fsp3) is 0.208. The third-order valence-corrected chi connectivity index (χ3v) is 5.44. The molecular weight excluding hydrogens is 408 g/mol. The molecule has 2 heterocycles. The van der Waals surface area contributed by atoms with Gasteiger partial charge in [-0.05, 0) is 54.6 Å². The lowest BCUT2D eigenvalue weighted by molar-refractivity contribution is 0.0696. The second kappa shape index (κ2) is 9.38. The van der Waals surface area contributed by atoms with Gasteiger partial charge in [0.15, 0.2) is 0 Å². The third kappa shape index (κ3) is 4.64. The number of nitrogens with one attached hydrogen (secondary N) is 1. The molecule has 0 radical (unpaired) electrons. The van der Waals surface area contributed by atoms with E-state index >= 15 is 0 Å². The molecule has 1 saturated heterocycles. The zero-order valence-corrected chi connectivity index (χ0v) is 17.7. The third-order valence-electron chi connectivity index (χ3n) is 5.44. The van der Waals surface area contributed by atoms with Crippen molar-refractivity contribution in [3.05, 3.63) is 78.0 Å². The highest BCUT2D eigenvalue weighted by Gasteiger charge is 2.22. The molecular formula is C24H24N4O4. The average molecular weight is 432 g/mol. The number of hydrogen-bond acceptors (Lipinski definition) is 6. The Balaban J connectivity index is 1.54. The number of pyridine rings is 1. The van der Waals surface area contributed by atoms with E-state index in [-0.39, 0.29) is 11.5 Å². The Morgan fingerprint density at radius 3 is 2.25 bits per heavy atom. The van der Waals surface area contributed by atoms with Crippen LogP contribution in [-0.4, -0.2) is 55.3 Å². The van der Waals surface area contributed by atoms with Crippen molar-refractivity contribution in [2.24, 2.45) is 0 Å². The molecule has 3 aromatic rings. The Kier molecular flexibility index (Phi) is 6.21. The van der Waals surface area contributed by atoms with Gasteiger partial charge in [-0.3, -0.25) is 4.79 Å². The number of ether oxygens (including phenoxy) is 1. The van der Waals surface area contributed by atoms with E-state index in [2.05, 4.69) is 20.1 Å². The predicted molar refractivity (Wildman–Crippen MR) is 123 cm³/mol. The normalized spacial score (nSPS) is 13.5. The van der Waals surface area contributed by atoms with E-state index in [1.165, 1.54) is 6.07 Å². The summed E-state index contributed by atoms with van der Waals surface area (Å²) in [5.74, 6) is 0.224. The second-order valence-corrected chi connectivity index (χ2v) is 7.38. The van der Waals surface area contributed by atoms with Gasteiger partial charge >= 0.3 is 5.97 Å². The molecule has 1 aliphatic rings. The monoisotopic (exact) mass is 432 g/mol. The minimum atomic E-state index is -1.04. The van der Waals surface area contributed by atoms with Crippen LogP contribution in [0.5, 0.6) is 5.75 Å². The van der Waals surface area contributed by atoms with E-state index in [9.17, 15) is 14.7 Å². The van der Waals surface area contributed by atoms with Crippen molar-refractivity contribution >= 4 is 29.1 Å². The van der Waals surface area contributed by atoms with E-state index < -0.39 is 5.97 Å². The molecule has 1 amide bonds. The van der Waals surface area contributed by atoms with Gasteiger partial charge < -0.3 is 25.0 Å². The fourth-order valence-electron chi connectivity index (χ4n) is 3.70. The van der Waals surface area contributed by atoms with Crippen molar-refractivity contribution in [1.82, 2.24) is 4.98 Å². The number of aromatic carboxylic acids is 1. The van der Waals surface area contributed by atoms with Gasteiger partial charge in [-0.2, -0.15) is 0 Å². The van der Waals surface area contributed by atoms with Crippen LogP contribution in [0, 0.1) is 0 Å². The van der Waals surface area contributed by atoms with Crippen LogP contribution in [0.15, 0.2) is 66.9 Å². The minimum absolute atomic E-state index is 0.117. The first-order valence-corrected chi connectivity index (χ1v) is 10.3. The lowest BCUT2D eigenvalue weighted by Crippen LogP contribution is -2.47. The first-order valence-electron chi connectivity index (χ1n) is 10.3. The number of rotatable bonds is 6. The van der Waals surface area contributed by atoms with Crippen LogP contribution < -0.4 is 19.9 Å². The van der Waals surface area contributed by atoms with Crippen molar-refractivity contribution < 1.29 is 19.4 Å². The predicted octanol–water partition coefficient (Wildman–Crippen LogP) is 3.37. The number of carboxylic acid groups (broad SMARTS) is 1. The highest BCUT2D eigenvalue weighted by atomic mass is 16.5. The van der Waals surface area contributed by atoms with Crippen molar-refractivity contribution in [2.45, 2.75) is 0 Å². The zero-order valence-electron chi connectivity index (χ0n) is 17.7. The Hall–Kier alpha value is -4.07. The lowest BCUT2D eigenvalue weighted by Gasteiger charge is -2.37. The van der Waals surface area contributed by atoms with Crippen molar-refractivity contribution in [2.75, 3.05) is 48.4 Å². The molecule has 4 rings (SSSR count). The highest BCUT2D eigenvalue weighted by molar-refractivity contribution is 6.06. The van der Waals surface area contributed by atoms with Gasteiger partial charge in [0.1, 0.15) is 11.6 Å². The van der Waals surface area contributed by atoms with Gasteiger partial charge in [0, 0.05) is 37.9 Å². The molecule has 0 aliphatic carbocycles. The van der Waals surface area contributed by atoms with E-state index in [1.807, 2.05) is 18.2 Å². The number of carbonyl (C=O) groups is 2. The van der Waals surface area contributed by atoms with Gasteiger partial charge in [0.2, 0.25) is 0 Å². The Morgan fingerprint density at radius 1 is 0.938 bits per heavy atom. The van der Waals surface area contributed by atoms with Crippen LogP contribution in [0.2, 0.25) is 0 Å². The van der Waals surface area contributed by atoms with Crippen LogP contribution in [0.3, 0.4) is 0 Å². The summed E-state index contributed by atoms with van der Waals surface area (Å²) in [7, 11) is 1.56. The van der Waals surface area contributed by atoms with Gasteiger partial charge in [-0.25, -0.2) is 9.78 Å². The summed E-state index contributed by atoms with van der Waals surface area (Å²) in [5.41, 5.74) is 1.83. The standard InChI is InChI=1S/C24H24N4O4/c1-32-19-8-5-17(6-9-19)23(29)26-20-16-18(24(30)31)7-10-21(20)27-12-14-28(15-13-27)22-4-2-3-11-25-22/h2-11,16H,12-15H2,1H3,(H,26,29)(H,30,31). The summed E-state index contributed by atoms with van der Waals surface area (Å²) >= 11 is 0. The highest BCUT2D eigenvalue weighted by Crippen LogP contribution is 2.29. The first kappa shape index (κ1) is 21.2. The van der Waals surface area contributed by atoms with Crippen LogP contribution in [-0.2, 0) is 0 Å². The maximum absolute atomic E-state index is 12.8. The molecule has 0 saturated carbocycles.